The third kappa shape index (κ3) is 3.57. The molecule has 7 heteroatoms. The Morgan fingerprint density at radius 2 is 1.97 bits per heavy atom. The average Bonchev–Trinajstić information content (AvgIpc) is 3.13. The van der Waals surface area contributed by atoms with Crippen molar-refractivity contribution in [3.05, 3.63) is 88.1 Å². The van der Waals surface area contributed by atoms with Gasteiger partial charge < -0.3 is 15.0 Å². The zero-order chi connectivity index (χ0) is 21.5. The number of pyridine rings is 2. The van der Waals surface area contributed by atoms with E-state index in [0.717, 1.165) is 16.5 Å². The number of amides is 1. The number of aliphatic hydroxyl groups is 1. The number of carbonyl (C=O) groups is 1. The van der Waals surface area contributed by atoms with E-state index >= 15 is 0 Å². The average molecular weight is 417 g/mol. The lowest BCUT2D eigenvalue weighted by atomic mass is 9.94. The number of H-pyrrole nitrogens is 1. The Morgan fingerprint density at radius 1 is 1.13 bits per heavy atom. The smallest absolute Gasteiger partial charge is 0.254 e. The maximum Gasteiger partial charge on any atom is 0.254 e. The fourth-order valence-corrected chi connectivity index (χ4v) is 4.42. The molecule has 1 saturated heterocycles. The van der Waals surface area contributed by atoms with Crippen LogP contribution in [0.25, 0.3) is 21.8 Å². The predicted molar refractivity (Wildman–Crippen MR) is 115 cm³/mol. The summed E-state index contributed by atoms with van der Waals surface area (Å²) in [7, 11) is 0. The summed E-state index contributed by atoms with van der Waals surface area (Å²) in [5, 5.41) is 12.2. The number of benzene rings is 2. The minimum atomic E-state index is -0.679. The Balaban J connectivity index is 1.43. The highest BCUT2D eigenvalue weighted by Gasteiger charge is 2.35. The summed E-state index contributed by atoms with van der Waals surface area (Å²) in [4.78, 5) is 33.7. The molecule has 0 saturated carbocycles. The first-order chi connectivity index (χ1) is 15.0. The number of carbonyl (C=O) groups excluding carboxylic acids is 1. The monoisotopic (exact) mass is 417 g/mol. The Hall–Kier alpha value is -3.58. The lowest BCUT2D eigenvalue weighted by Crippen LogP contribution is -2.30. The molecule has 2 aromatic carbocycles. The number of fused-ring (bicyclic) bond motifs is 2. The van der Waals surface area contributed by atoms with Gasteiger partial charge in [0.1, 0.15) is 5.82 Å². The Morgan fingerprint density at radius 3 is 2.84 bits per heavy atom. The first-order valence-corrected chi connectivity index (χ1v) is 10.1. The number of para-hydroxylation sites is 1. The summed E-state index contributed by atoms with van der Waals surface area (Å²) in [6.45, 7) is 0.550. The van der Waals surface area contributed by atoms with Crippen LogP contribution >= 0.6 is 0 Å². The molecule has 0 spiro atoms. The molecule has 5 rings (SSSR count). The molecule has 156 valence electrons. The molecule has 1 aliphatic heterocycles. The maximum absolute atomic E-state index is 13.6. The lowest BCUT2D eigenvalue weighted by molar-refractivity contribution is 0.0766. The number of hydrogen-bond acceptors (Lipinski definition) is 4. The molecule has 0 bridgehead atoms. The molecule has 0 unspecified atom stereocenters. The van der Waals surface area contributed by atoms with Crippen molar-refractivity contribution in [2.75, 3.05) is 13.1 Å². The van der Waals surface area contributed by atoms with Crippen LogP contribution in [0.4, 0.5) is 4.39 Å². The second-order valence-corrected chi connectivity index (χ2v) is 7.97. The number of nitrogens with zero attached hydrogens (tertiary/aromatic N) is 2. The molecule has 2 N–H and O–H groups in total. The van der Waals surface area contributed by atoms with E-state index in [1.165, 1.54) is 24.3 Å². The number of halogens is 1. The van der Waals surface area contributed by atoms with Gasteiger partial charge in [-0.25, -0.2) is 4.39 Å². The van der Waals surface area contributed by atoms with Crippen molar-refractivity contribution in [1.82, 2.24) is 14.9 Å². The minimum Gasteiger partial charge on any atom is -0.391 e. The number of likely N-dealkylation sites (tertiary alicyclic amines) is 1. The van der Waals surface area contributed by atoms with Crippen LogP contribution in [0.3, 0.4) is 0 Å². The van der Waals surface area contributed by atoms with Gasteiger partial charge >= 0.3 is 0 Å². The maximum atomic E-state index is 13.6. The van der Waals surface area contributed by atoms with Gasteiger partial charge in [0.15, 0.2) is 0 Å². The van der Waals surface area contributed by atoms with Crippen LogP contribution in [-0.4, -0.2) is 45.1 Å². The van der Waals surface area contributed by atoms with E-state index in [0.29, 0.717) is 18.4 Å². The Bertz CT molecular complexity index is 1360. The number of rotatable bonds is 3. The molecule has 1 aliphatic rings. The van der Waals surface area contributed by atoms with E-state index < -0.39 is 17.5 Å². The normalized spacial score (nSPS) is 18.7. The van der Waals surface area contributed by atoms with Crippen LogP contribution in [0.15, 0.2) is 65.6 Å². The molecule has 31 heavy (non-hydrogen) atoms. The lowest BCUT2D eigenvalue weighted by Gasteiger charge is -2.17. The van der Waals surface area contributed by atoms with Crippen molar-refractivity contribution in [2.45, 2.75) is 12.5 Å². The first-order valence-electron chi connectivity index (χ1n) is 10.1. The quantitative estimate of drug-likeness (QED) is 0.537. The summed E-state index contributed by atoms with van der Waals surface area (Å²) >= 11 is 0. The molecule has 1 fully saturated rings. The van der Waals surface area contributed by atoms with Gasteiger partial charge in [-0.05, 0) is 42.3 Å². The third-order valence-corrected chi connectivity index (χ3v) is 5.95. The predicted octanol–water partition coefficient (Wildman–Crippen LogP) is 2.89. The molecule has 0 aliphatic carbocycles. The van der Waals surface area contributed by atoms with Crippen molar-refractivity contribution >= 4 is 27.7 Å². The Labute approximate surface area is 177 Å². The highest BCUT2D eigenvalue weighted by atomic mass is 19.1. The molecule has 2 aromatic heterocycles. The summed E-state index contributed by atoms with van der Waals surface area (Å²) in [5.74, 6) is -0.974. The van der Waals surface area contributed by atoms with Gasteiger partial charge in [0.05, 0.1) is 22.7 Å². The summed E-state index contributed by atoms with van der Waals surface area (Å²) < 4.78 is 13.6. The van der Waals surface area contributed by atoms with Crippen LogP contribution in [0.1, 0.15) is 15.9 Å². The van der Waals surface area contributed by atoms with E-state index in [4.69, 9.17) is 0 Å². The number of nitrogens with one attached hydrogen (secondary N) is 1. The molecule has 1 amide bonds. The van der Waals surface area contributed by atoms with Crippen molar-refractivity contribution in [1.29, 1.82) is 0 Å². The van der Waals surface area contributed by atoms with Crippen LogP contribution in [-0.2, 0) is 6.42 Å². The summed E-state index contributed by atoms with van der Waals surface area (Å²) in [6, 6.07) is 15.0. The minimum absolute atomic E-state index is 0.138. The van der Waals surface area contributed by atoms with Gasteiger partial charge in [-0.1, -0.05) is 18.2 Å². The number of aromatic amines is 1. The molecule has 3 heterocycles. The summed E-state index contributed by atoms with van der Waals surface area (Å²) in [5.41, 5.74) is 1.97. The van der Waals surface area contributed by atoms with E-state index in [1.54, 1.807) is 11.1 Å². The van der Waals surface area contributed by atoms with Gasteiger partial charge in [-0.15, -0.1) is 0 Å². The van der Waals surface area contributed by atoms with Crippen molar-refractivity contribution in [3.8, 4) is 0 Å². The molecular formula is C24H20FN3O3. The third-order valence-electron chi connectivity index (χ3n) is 5.95. The second-order valence-electron chi connectivity index (χ2n) is 7.97. The van der Waals surface area contributed by atoms with Gasteiger partial charge in [-0.3, -0.25) is 14.6 Å². The standard InChI is InChI=1S/C24H20FN3O3/c25-16-5-6-18-19(11-23(30)27-21(18)10-16)24(31)28-12-15(22(29)13-28)9-14-7-8-26-20-4-2-1-3-17(14)20/h1-8,10-11,15,22,29H,9,12-13H2,(H,27,30)/t15-,22-/m1/s1. The molecule has 4 aromatic rings. The summed E-state index contributed by atoms with van der Waals surface area (Å²) in [6.07, 6.45) is 1.68. The molecule has 0 radical (unpaired) electrons. The number of hydrogen-bond donors (Lipinski definition) is 2. The van der Waals surface area contributed by atoms with E-state index in [9.17, 15) is 19.1 Å². The molecule has 6 nitrogen and oxygen atoms in total. The van der Waals surface area contributed by atoms with Crippen LogP contribution in [0, 0.1) is 11.7 Å². The highest BCUT2D eigenvalue weighted by Crippen LogP contribution is 2.27. The SMILES string of the molecule is O=C(c1cc(=O)[nH]c2cc(F)ccc12)N1C[C@@H](Cc2ccnc3ccccc23)[C@H](O)C1. The number of aliphatic hydroxyl groups excluding tert-OH is 1. The first kappa shape index (κ1) is 19.4. The molecular weight excluding hydrogens is 397 g/mol. The molecule has 2 atom stereocenters. The zero-order valence-corrected chi connectivity index (χ0v) is 16.6. The van der Waals surface area contributed by atoms with Crippen molar-refractivity contribution < 1.29 is 14.3 Å². The van der Waals surface area contributed by atoms with Gasteiger partial charge in [0, 0.05) is 42.0 Å². The van der Waals surface area contributed by atoms with Crippen LogP contribution in [0.5, 0.6) is 0 Å². The number of β-amino-alcohol motifs (C(OH)–C–C–N with tert-alkyl or cyclic N) is 1. The van der Waals surface area contributed by atoms with Crippen molar-refractivity contribution in [2.24, 2.45) is 5.92 Å². The number of aromatic nitrogens is 2. The fourth-order valence-electron chi connectivity index (χ4n) is 4.42. The van der Waals surface area contributed by atoms with Gasteiger partial charge in [-0.2, -0.15) is 0 Å². The topological polar surface area (TPSA) is 86.3 Å². The van der Waals surface area contributed by atoms with E-state index in [2.05, 4.69) is 9.97 Å². The fraction of sp³-hybridized carbons (Fsp3) is 0.208. The zero-order valence-electron chi connectivity index (χ0n) is 16.6. The van der Waals surface area contributed by atoms with Crippen LogP contribution < -0.4 is 5.56 Å². The second kappa shape index (κ2) is 7.59. The largest absolute Gasteiger partial charge is 0.391 e. The van der Waals surface area contributed by atoms with Gasteiger partial charge in [0.25, 0.3) is 5.91 Å². The van der Waals surface area contributed by atoms with Crippen molar-refractivity contribution in [3.63, 3.8) is 0 Å². The van der Waals surface area contributed by atoms with Gasteiger partial charge in [0.2, 0.25) is 5.56 Å². The van der Waals surface area contributed by atoms with E-state index in [-0.39, 0.29) is 29.4 Å². The Kier molecular flexibility index (Phi) is 4.75. The highest BCUT2D eigenvalue weighted by molar-refractivity contribution is 6.06. The van der Waals surface area contributed by atoms with E-state index in [1.807, 2.05) is 30.3 Å². The van der Waals surface area contributed by atoms with Crippen LogP contribution in [0.2, 0.25) is 0 Å².